The molecule has 0 heterocycles. The lowest BCUT2D eigenvalue weighted by Crippen LogP contribution is -2.37. The monoisotopic (exact) mass is 594 g/mol. The first-order valence-corrected chi connectivity index (χ1v) is 17.8. The minimum Gasteiger partial charge on any atom is -0.463 e. The van der Waals surface area contributed by atoms with E-state index in [9.17, 15) is 19.4 Å². The number of rotatable bonds is 30. The van der Waals surface area contributed by atoms with Crippen LogP contribution in [0, 0.1) is 0 Å². The van der Waals surface area contributed by atoms with Crippen LogP contribution in [-0.4, -0.2) is 74.1 Å². The third-order valence-corrected chi connectivity index (χ3v) is 8.10. The van der Waals surface area contributed by atoms with E-state index in [1.807, 2.05) is 21.1 Å². The van der Waals surface area contributed by atoms with Crippen LogP contribution < -0.4 is 0 Å². The highest BCUT2D eigenvalue weighted by molar-refractivity contribution is 7.47. The zero-order chi connectivity index (χ0) is 30.0. The number of likely N-dealkylation sites (N-methyl/N-ethyl adjacent to an activating group) is 1. The first-order valence-electron chi connectivity index (χ1n) is 16.3. The van der Waals surface area contributed by atoms with Crippen LogP contribution in [0.4, 0.5) is 0 Å². The molecule has 8 nitrogen and oxygen atoms in total. The van der Waals surface area contributed by atoms with Crippen LogP contribution in [-0.2, 0) is 23.1 Å². The molecule has 0 aromatic heterocycles. The maximum Gasteiger partial charge on any atom is 0.472 e. The molecule has 0 bridgehead atoms. The molecule has 0 amide bonds. The zero-order valence-electron chi connectivity index (χ0n) is 26.6. The Morgan fingerprint density at radius 3 is 1.48 bits per heavy atom. The number of hydrogen-bond donors (Lipinski definition) is 2. The molecular formula is C31H65NO7P+. The molecule has 1 unspecified atom stereocenters. The molecule has 0 spiro atoms. The first-order chi connectivity index (χ1) is 19.1. The first kappa shape index (κ1) is 39.5. The standard InChI is InChI=1S/C31H64NO7P/c1-5-6-7-8-9-10-11-12-13-14-15-16-17-18-19-20-21-22-23-24-25-31(34)37-28-30(33)29-39-40(35,36)38-27-26-32(2,3)4/h30,33H,5-29H2,1-4H3/p+1/t30-/m1/s1. The van der Waals surface area contributed by atoms with Crippen molar-refractivity contribution in [1.29, 1.82) is 0 Å². The number of ether oxygens (including phenoxy) is 1. The van der Waals surface area contributed by atoms with E-state index in [4.69, 9.17) is 13.8 Å². The molecule has 0 fully saturated rings. The van der Waals surface area contributed by atoms with Crippen molar-refractivity contribution >= 4 is 13.8 Å². The highest BCUT2D eigenvalue weighted by Crippen LogP contribution is 2.43. The number of nitrogens with zero attached hydrogens (tertiary/aromatic N) is 1. The Morgan fingerprint density at radius 2 is 1.07 bits per heavy atom. The fourth-order valence-electron chi connectivity index (χ4n) is 4.48. The normalized spacial score (nSPS) is 14.2. The summed E-state index contributed by atoms with van der Waals surface area (Å²) in [6, 6.07) is 0. The fourth-order valence-corrected chi connectivity index (χ4v) is 5.23. The van der Waals surface area contributed by atoms with E-state index in [1.165, 1.54) is 109 Å². The van der Waals surface area contributed by atoms with Gasteiger partial charge in [0.05, 0.1) is 27.7 Å². The number of phosphoric acid groups is 1. The average molecular weight is 595 g/mol. The highest BCUT2D eigenvalue weighted by atomic mass is 31.2. The summed E-state index contributed by atoms with van der Waals surface area (Å²) < 4.78 is 27.1. The summed E-state index contributed by atoms with van der Waals surface area (Å²) in [7, 11) is 1.57. The maximum atomic E-state index is 11.9. The molecule has 0 aliphatic heterocycles. The van der Waals surface area contributed by atoms with Gasteiger partial charge in [-0.1, -0.05) is 129 Å². The summed E-state index contributed by atoms with van der Waals surface area (Å²) in [4.78, 5) is 21.5. The molecule has 0 aliphatic rings. The Morgan fingerprint density at radius 1 is 0.675 bits per heavy atom. The lowest BCUT2D eigenvalue weighted by Gasteiger charge is -2.24. The van der Waals surface area contributed by atoms with E-state index < -0.39 is 20.5 Å². The number of aliphatic hydroxyl groups excluding tert-OH is 1. The summed E-state index contributed by atoms with van der Waals surface area (Å²) in [6.07, 6.45) is 25.4. The summed E-state index contributed by atoms with van der Waals surface area (Å²) in [5.74, 6) is -0.368. The summed E-state index contributed by atoms with van der Waals surface area (Å²) in [6.45, 7) is 2.16. The van der Waals surface area contributed by atoms with Crippen LogP contribution in [0.2, 0.25) is 0 Å². The molecule has 0 radical (unpaired) electrons. The smallest absolute Gasteiger partial charge is 0.463 e. The Hall–Kier alpha value is -0.500. The number of esters is 1. The number of carbonyl (C=O) groups excluding carboxylic acids is 1. The second-order valence-electron chi connectivity index (χ2n) is 12.4. The molecule has 0 aliphatic carbocycles. The second-order valence-corrected chi connectivity index (χ2v) is 13.9. The van der Waals surface area contributed by atoms with Gasteiger partial charge in [-0.15, -0.1) is 0 Å². The van der Waals surface area contributed by atoms with Crippen molar-refractivity contribution in [3.63, 3.8) is 0 Å². The topological polar surface area (TPSA) is 102 Å². The molecule has 240 valence electrons. The van der Waals surface area contributed by atoms with Gasteiger partial charge in [0.25, 0.3) is 0 Å². The Balaban J connectivity index is 3.43. The molecule has 9 heteroatoms. The number of quaternary nitrogens is 1. The van der Waals surface area contributed by atoms with Gasteiger partial charge in [-0.2, -0.15) is 0 Å². The fraction of sp³-hybridized carbons (Fsp3) is 0.968. The van der Waals surface area contributed by atoms with Crippen molar-refractivity contribution in [3.05, 3.63) is 0 Å². The molecule has 2 atom stereocenters. The molecule has 0 saturated heterocycles. The SMILES string of the molecule is CCCCCCCCCCCCCCCCCCCCCCC(=O)OC[C@@H](O)COP(=O)(O)OCC[N+](C)(C)C. The third-order valence-electron chi connectivity index (χ3n) is 7.12. The lowest BCUT2D eigenvalue weighted by molar-refractivity contribution is -0.870. The van der Waals surface area contributed by atoms with E-state index in [-0.39, 0.29) is 19.2 Å². The third kappa shape index (κ3) is 30.5. The molecule has 0 rings (SSSR count). The van der Waals surface area contributed by atoms with Gasteiger partial charge < -0.3 is 19.2 Å². The second kappa shape index (κ2) is 26.2. The number of aliphatic hydroxyl groups is 1. The Kier molecular flexibility index (Phi) is 25.8. The average Bonchev–Trinajstić information content (AvgIpc) is 2.88. The Bertz CT molecular complexity index is 627. The van der Waals surface area contributed by atoms with Crippen molar-refractivity contribution < 1.29 is 37.6 Å². The predicted molar refractivity (Wildman–Crippen MR) is 164 cm³/mol. The van der Waals surface area contributed by atoms with Gasteiger partial charge in [0.2, 0.25) is 0 Å². The van der Waals surface area contributed by atoms with Crippen LogP contribution in [0.25, 0.3) is 0 Å². The van der Waals surface area contributed by atoms with Crippen LogP contribution in [0.15, 0.2) is 0 Å². The summed E-state index contributed by atoms with van der Waals surface area (Å²) in [5, 5.41) is 9.86. The van der Waals surface area contributed by atoms with E-state index in [0.717, 1.165) is 19.3 Å². The lowest BCUT2D eigenvalue weighted by atomic mass is 10.0. The van der Waals surface area contributed by atoms with Gasteiger partial charge in [-0.25, -0.2) is 4.57 Å². The molecule has 0 saturated carbocycles. The molecule has 40 heavy (non-hydrogen) atoms. The number of hydrogen-bond acceptors (Lipinski definition) is 6. The minimum atomic E-state index is -4.24. The maximum absolute atomic E-state index is 11.9. The van der Waals surface area contributed by atoms with E-state index in [2.05, 4.69) is 6.92 Å². The quantitative estimate of drug-likeness (QED) is 0.0377. The van der Waals surface area contributed by atoms with Crippen molar-refractivity contribution in [3.8, 4) is 0 Å². The predicted octanol–water partition coefficient (Wildman–Crippen LogP) is 7.94. The van der Waals surface area contributed by atoms with Crippen molar-refractivity contribution in [2.24, 2.45) is 0 Å². The highest BCUT2D eigenvalue weighted by Gasteiger charge is 2.24. The number of carbonyl (C=O) groups is 1. The zero-order valence-corrected chi connectivity index (χ0v) is 27.5. The number of unbranched alkanes of at least 4 members (excludes halogenated alkanes) is 19. The Labute approximate surface area is 246 Å². The van der Waals surface area contributed by atoms with Gasteiger partial charge in [0, 0.05) is 6.42 Å². The van der Waals surface area contributed by atoms with Crippen LogP contribution in [0.5, 0.6) is 0 Å². The minimum absolute atomic E-state index is 0.0574. The van der Waals surface area contributed by atoms with Gasteiger partial charge >= 0.3 is 13.8 Å². The van der Waals surface area contributed by atoms with Crippen molar-refractivity contribution in [1.82, 2.24) is 0 Å². The van der Waals surface area contributed by atoms with E-state index >= 15 is 0 Å². The van der Waals surface area contributed by atoms with E-state index in [0.29, 0.717) is 17.4 Å². The molecular weight excluding hydrogens is 529 g/mol. The largest absolute Gasteiger partial charge is 0.472 e. The number of phosphoric ester groups is 1. The van der Waals surface area contributed by atoms with Crippen LogP contribution in [0.1, 0.15) is 142 Å². The summed E-state index contributed by atoms with van der Waals surface area (Å²) >= 11 is 0. The molecule has 0 aromatic carbocycles. The van der Waals surface area contributed by atoms with Crippen LogP contribution in [0.3, 0.4) is 0 Å². The van der Waals surface area contributed by atoms with Gasteiger partial charge in [0.15, 0.2) is 0 Å². The summed E-state index contributed by atoms with van der Waals surface area (Å²) in [5.41, 5.74) is 0. The van der Waals surface area contributed by atoms with Crippen molar-refractivity contribution in [2.75, 3.05) is 47.5 Å². The van der Waals surface area contributed by atoms with Gasteiger partial charge in [0.1, 0.15) is 25.9 Å². The van der Waals surface area contributed by atoms with Gasteiger partial charge in [-0.3, -0.25) is 13.8 Å². The van der Waals surface area contributed by atoms with Crippen LogP contribution >= 0.6 is 7.82 Å². The van der Waals surface area contributed by atoms with Gasteiger partial charge in [-0.05, 0) is 6.42 Å². The molecule has 2 N–H and O–H groups in total. The van der Waals surface area contributed by atoms with Crippen molar-refractivity contribution in [2.45, 2.75) is 148 Å². The van der Waals surface area contributed by atoms with E-state index in [1.54, 1.807) is 0 Å². The molecule has 0 aromatic rings.